The lowest BCUT2D eigenvalue weighted by Gasteiger charge is -2.21. The van der Waals surface area contributed by atoms with Crippen molar-refractivity contribution in [1.29, 1.82) is 0 Å². The van der Waals surface area contributed by atoms with E-state index in [2.05, 4.69) is 38.0 Å². The summed E-state index contributed by atoms with van der Waals surface area (Å²) >= 11 is 0. The molecule has 0 aliphatic heterocycles. The molecule has 0 radical (unpaired) electrons. The molecule has 0 fully saturated rings. The molecule has 1 N–H and O–H groups in total. The molecule has 0 aromatic carbocycles. The summed E-state index contributed by atoms with van der Waals surface area (Å²) in [5.41, 5.74) is 1.23. The van der Waals surface area contributed by atoms with Crippen molar-refractivity contribution in [3.8, 4) is 5.75 Å². The highest BCUT2D eigenvalue weighted by atomic mass is 16.5. The van der Waals surface area contributed by atoms with Crippen LogP contribution in [0.2, 0.25) is 0 Å². The monoisotopic (exact) mass is 236 g/mol. The van der Waals surface area contributed by atoms with Gasteiger partial charge in [-0.05, 0) is 33.3 Å². The fourth-order valence-electron chi connectivity index (χ4n) is 1.37. The van der Waals surface area contributed by atoms with Gasteiger partial charge in [0.25, 0.3) is 0 Å². The van der Waals surface area contributed by atoms with Gasteiger partial charge in [-0.15, -0.1) is 0 Å². The molecule has 0 amide bonds. The van der Waals surface area contributed by atoms with Crippen LogP contribution in [-0.2, 0) is 6.54 Å². The van der Waals surface area contributed by atoms with Gasteiger partial charge in [0.05, 0.1) is 6.61 Å². The number of pyridine rings is 1. The Hall–Kier alpha value is -1.09. The van der Waals surface area contributed by atoms with E-state index in [0.717, 1.165) is 37.3 Å². The SMILES string of the molecule is CCCCOc1ccncc1CNC(C)(C)C. The molecule has 0 spiro atoms. The Morgan fingerprint density at radius 1 is 1.35 bits per heavy atom. The number of nitrogens with zero attached hydrogens (tertiary/aromatic N) is 1. The van der Waals surface area contributed by atoms with E-state index in [1.54, 1.807) is 6.20 Å². The summed E-state index contributed by atoms with van der Waals surface area (Å²) in [4.78, 5) is 4.15. The summed E-state index contributed by atoms with van der Waals surface area (Å²) < 4.78 is 5.76. The first-order valence-electron chi connectivity index (χ1n) is 6.33. The fourth-order valence-corrected chi connectivity index (χ4v) is 1.37. The molecule has 0 aliphatic carbocycles. The van der Waals surface area contributed by atoms with Gasteiger partial charge in [-0.2, -0.15) is 0 Å². The molecule has 17 heavy (non-hydrogen) atoms. The van der Waals surface area contributed by atoms with Crippen LogP contribution in [0.4, 0.5) is 0 Å². The van der Waals surface area contributed by atoms with Crippen LogP contribution in [0.15, 0.2) is 18.5 Å². The molecule has 1 heterocycles. The number of aromatic nitrogens is 1. The van der Waals surface area contributed by atoms with Crippen molar-refractivity contribution >= 4 is 0 Å². The van der Waals surface area contributed by atoms with Crippen LogP contribution < -0.4 is 10.1 Å². The molecule has 0 atom stereocenters. The molecule has 1 aromatic heterocycles. The summed E-state index contributed by atoms with van der Waals surface area (Å²) in [5.74, 6) is 0.949. The normalized spacial score (nSPS) is 11.5. The molecule has 1 rings (SSSR count). The van der Waals surface area contributed by atoms with Gasteiger partial charge in [0.15, 0.2) is 0 Å². The molecule has 1 aromatic rings. The van der Waals surface area contributed by atoms with Crippen molar-refractivity contribution in [2.75, 3.05) is 6.61 Å². The Labute approximate surface area is 105 Å². The second-order valence-electron chi connectivity index (χ2n) is 5.29. The van der Waals surface area contributed by atoms with E-state index in [1.165, 1.54) is 0 Å². The van der Waals surface area contributed by atoms with Gasteiger partial charge in [0.2, 0.25) is 0 Å². The Bertz CT molecular complexity index is 331. The molecule has 0 unspecified atom stereocenters. The molecular formula is C14H24N2O. The molecule has 0 aliphatic rings. The molecule has 3 nitrogen and oxygen atoms in total. The number of hydrogen-bond donors (Lipinski definition) is 1. The lowest BCUT2D eigenvalue weighted by molar-refractivity contribution is 0.303. The van der Waals surface area contributed by atoms with Gasteiger partial charge in [-0.3, -0.25) is 4.98 Å². The number of hydrogen-bond acceptors (Lipinski definition) is 3. The minimum atomic E-state index is 0.108. The van der Waals surface area contributed by atoms with E-state index >= 15 is 0 Å². The molecule has 3 heteroatoms. The van der Waals surface area contributed by atoms with Crippen molar-refractivity contribution in [3.05, 3.63) is 24.0 Å². The Balaban J connectivity index is 2.58. The van der Waals surface area contributed by atoms with E-state index in [4.69, 9.17) is 4.74 Å². The summed E-state index contributed by atoms with van der Waals surface area (Å²) in [6, 6.07) is 1.94. The Morgan fingerprint density at radius 2 is 2.12 bits per heavy atom. The second kappa shape index (κ2) is 6.60. The molecule has 96 valence electrons. The number of unbranched alkanes of at least 4 members (excludes halogenated alkanes) is 1. The second-order valence-corrected chi connectivity index (χ2v) is 5.29. The summed E-state index contributed by atoms with van der Waals surface area (Å²) in [6.45, 7) is 10.2. The van der Waals surface area contributed by atoms with Crippen molar-refractivity contribution in [2.24, 2.45) is 0 Å². The topological polar surface area (TPSA) is 34.1 Å². The van der Waals surface area contributed by atoms with Gasteiger partial charge in [0, 0.05) is 30.0 Å². The summed E-state index contributed by atoms with van der Waals surface area (Å²) in [7, 11) is 0. The predicted octanol–water partition coefficient (Wildman–Crippen LogP) is 3.15. The van der Waals surface area contributed by atoms with Gasteiger partial charge in [-0.1, -0.05) is 13.3 Å². The smallest absolute Gasteiger partial charge is 0.126 e. The average molecular weight is 236 g/mol. The number of nitrogens with one attached hydrogen (secondary N) is 1. The van der Waals surface area contributed by atoms with Crippen LogP contribution in [0.3, 0.4) is 0 Å². The van der Waals surface area contributed by atoms with Gasteiger partial charge in [0.1, 0.15) is 5.75 Å². The summed E-state index contributed by atoms with van der Waals surface area (Å²) in [5, 5.41) is 3.45. The lowest BCUT2D eigenvalue weighted by Crippen LogP contribution is -2.35. The minimum absolute atomic E-state index is 0.108. The Kier molecular flexibility index (Phi) is 5.42. The van der Waals surface area contributed by atoms with Crippen LogP contribution in [0, 0.1) is 0 Å². The van der Waals surface area contributed by atoms with Gasteiger partial charge >= 0.3 is 0 Å². The van der Waals surface area contributed by atoms with E-state index in [-0.39, 0.29) is 5.54 Å². The number of rotatable bonds is 6. The first-order valence-corrected chi connectivity index (χ1v) is 6.33. The third-order valence-corrected chi connectivity index (χ3v) is 2.42. The first-order chi connectivity index (χ1) is 8.03. The van der Waals surface area contributed by atoms with Crippen molar-refractivity contribution in [2.45, 2.75) is 52.6 Å². The van der Waals surface area contributed by atoms with E-state index in [0.29, 0.717) is 0 Å². The first kappa shape index (κ1) is 14.0. The quantitative estimate of drug-likeness (QED) is 0.770. The van der Waals surface area contributed by atoms with Crippen LogP contribution in [0.5, 0.6) is 5.75 Å². The average Bonchev–Trinajstić information content (AvgIpc) is 2.27. The van der Waals surface area contributed by atoms with Crippen LogP contribution in [0.1, 0.15) is 46.1 Å². The van der Waals surface area contributed by atoms with E-state index < -0.39 is 0 Å². The van der Waals surface area contributed by atoms with Crippen LogP contribution in [0.25, 0.3) is 0 Å². The van der Waals surface area contributed by atoms with E-state index in [1.807, 2.05) is 12.3 Å². The van der Waals surface area contributed by atoms with Crippen LogP contribution >= 0.6 is 0 Å². The molecular weight excluding hydrogens is 212 g/mol. The largest absolute Gasteiger partial charge is 0.493 e. The maximum Gasteiger partial charge on any atom is 0.126 e. The standard InChI is InChI=1S/C14H24N2O/c1-5-6-9-17-13-7-8-15-10-12(13)11-16-14(2,3)4/h7-8,10,16H,5-6,9,11H2,1-4H3. The van der Waals surface area contributed by atoms with E-state index in [9.17, 15) is 0 Å². The molecule has 0 bridgehead atoms. The van der Waals surface area contributed by atoms with Crippen molar-refractivity contribution < 1.29 is 4.74 Å². The maximum absolute atomic E-state index is 5.76. The molecule has 0 saturated carbocycles. The highest BCUT2D eigenvalue weighted by Gasteiger charge is 2.10. The zero-order valence-electron chi connectivity index (χ0n) is 11.4. The van der Waals surface area contributed by atoms with Crippen LogP contribution in [-0.4, -0.2) is 17.1 Å². The highest BCUT2D eigenvalue weighted by Crippen LogP contribution is 2.17. The van der Waals surface area contributed by atoms with Crippen molar-refractivity contribution in [1.82, 2.24) is 10.3 Å². The Morgan fingerprint density at radius 3 is 2.76 bits per heavy atom. The number of ether oxygens (including phenoxy) is 1. The van der Waals surface area contributed by atoms with Gasteiger partial charge < -0.3 is 10.1 Å². The summed E-state index contributed by atoms with van der Waals surface area (Å²) in [6.07, 6.45) is 5.90. The molecule has 0 saturated heterocycles. The predicted molar refractivity (Wildman–Crippen MR) is 71.2 cm³/mol. The zero-order valence-corrected chi connectivity index (χ0v) is 11.4. The fraction of sp³-hybridized carbons (Fsp3) is 0.643. The third-order valence-electron chi connectivity index (χ3n) is 2.42. The highest BCUT2D eigenvalue weighted by molar-refractivity contribution is 5.30. The minimum Gasteiger partial charge on any atom is -0.493 e. The lowest BCUT2D eigenvalue weighted by atomic mass is 10.1. The van der Waals surface area contributed by atoms with Crippen molar-refractivity contribution in [3.63, 3.8) is 0 Å². The zero-order chi connectivity index (χ0) is 12.7. The maximum atomic E-state index is 5.76. The third kappa shape index (κ3) is 5.68. The van der Waals surface area contributed by atoms with Gasteiger partial charge in [-0.25, -0.2) is 0 Å².